The van der Waals surface area contributed by atoms with E-state index in [-0.39, 0.29) is 42.1 Å². The molecule has 0 radical (unpaired) electrons. The minimum Gasteiger partial charge on any atom is -0.347 e. The van der Waals surface area contributed by atoms with Crippen molar-refractivity contribution in [2.45, 2.75) is 19.9 Å². The van der Waals surface area contributed by atoms with Gasteiger partial charge < -0.3 is 19.7 Å². The second-order valence-corrected chi connectivity index (χ2v) is 6.91. The highest BCUT2D eigenvalue weighted by atomic mass is 16.5. The monoisotopic (exact) mass is 393 g/mol. The zero-order valence-corrected chi connectivity index (χ0v) is 15.7. The van der Waals surface area contributed by atoms with Gasteiger partial charge >= 0.3 is 0 Å². The summed E-state index contributed by atoms with van der Waals surface area (Å²) in [6, 6.07) is 10.6. The molecule has 0 aliphatic carbocycles. The molecule has 0 bridgehead atoms. The molecule has 0 spiro atoms. The molecule has 2 N–H and O–H groups in total. The Labute approximate surface area is 165 Å². The number of nitrogens with zero attached hydrogens (tertiary/aromatic N) is 3. The number of nitrogens with one attached hydrogen (secondary N) is 2. The summed E-state index contributed by atoms with van der Waals surface area (Å²) in [6.07, 6.45) is 1.65. The van der Waals surface area contributed by atoms with E-state index in [9.17, 15) is 14.4 Å². The highest BCUT2D eigenvalue weighted by molar-refractivity contribution is 6.00. The van der Waals surface area contributed by atoms with Crippen LogP contribution in [0.25, 0.3) is 11.4 Å². The Morgan fingerprint density at radius 1 is 1.28 bits per heavy atom. The molecule has 0 saturated carbocycles. The summed E-state index contributed by atoms with van der Waals surface area (Å²) in [7, 11) is 0. The quantitative estimate of drug-likeness (QED) is 0.676. The zero-order valence-electron chi connectivity index (χ0n) is 15.7. The standard InChI is InChI=1S/C20H19N5O4/c1-12-2-4-15(5-3-12)25-11-14(9-18(25)27)20(28)22-10-17-23-19(24-29-17)13-6-7-21-16(26)8-13/h2-8,14H,9-11H2,1H3,(H,21,26)(H,22,28)/t14-/m1/s1. The molecule has 1 aliphatic rings. The molecule has 9 nitrogen and oxygen atoms in total. The maximum absolute atomic E-state index is 12.5. The third kappa shape index (κ3) is 4.08. The van der Waals surface area contributed by atoms with Gasteiger partial charge in [0.15, 0.2) is 0 Å². The van der Waals surface area contributed by atoms with Crippen molar-refractivity contribution in [3.05, 3.63) is 64.4 Å². The summed E-state index contributed by atoms with van der Waals surface area (Å²) < 4.78 is 5.13. The van der Waals surface area contributed by atoms with Crippen molar-refractivity contribution in [2.75, 3.05) is 11.4 Å². The molecule has 9 heteroatoms. The number of benzene rings is 1. The molecular weight excluding hydrogens is 374 g/mol. The van der Waals surface area contributed by atoms with Gasteiger partial charge in [0.2, 0.25) is 29.1 Å². The number of anilines is 1. The second kappa shape index (κ2) is 7.70. The Balaban J connectivity index is 1.36. The van der Waals surface area contributed by atoms with E-state index >= 15 is 0 Å². The van der Waals surface area contributed by atoms with Crippen molar-refractivity contribution in [1.82, 2.24) is 20.4 Å². The fraction of sp³-hybridized carbons (Fsp3) is 0.250. The molecule has 3 heterocycles. The summed E-state index contributed by atoms with van der Waals surface area (Å²) in [5, 5.41) is 6.56. The van der Waals surface area contributed by atoms with Gasteiger partial charge in [0.25, 0.3) is 0 Å². The Kier molecular flexibility index (Phi) is 4.94. The molecule has 1 aromatic carbocycles. The van der Waals surface area contributed by atoms with Crippen LogP contribution in [-0.4, -0.2) is 33.5 Å². The van der Waals surface area contributed by atoms with E-state index in [0.29, 0.717) is 12.1 Å². The lowest BCUT2D eigenvalue weighted by molar-refractivity contribution is -0.126. The van der Waals surface area contributed by atoms with E-state index in [1.807, 2.05) is 31.2 Å². The summed E-state index contributed by atoms with van der Waals surface area (Å²) >= 11 is 0. The van der Waals surface area contributed by atoms with Crippen LogP contribution in [0.5, 0.6) is 0 Å². The van der Waals surface area contributed by atoms with Crippen molar-refractivity contribution in [2.24, 2.45) is 5.92 Å². The fourth-order valence-corrected chi connectivity index (χ4v) is 3.19. The number of pyridine rings is 1. The summed E-state index contributed by atoms with van der Waals surface area (Å²) in [5.41, 5.74) is 2.14. The number of rotatable bonds is 5. The summed E-state index contributed by atoms with van der Waals surface area (Å²) in [5.74, 6) is -0.290. The van der Waals surface area contributed by atoms with Gasteiger partial charge in [-0.2, -0.15) is 4.98 Å². The maximum Gasteiger partial charge on any atom is 0.248 e. The molecule has 29 heavy (non-hydrogen) atoms. The van der Waals surface area contributed by atoms with E-state index in [2.05, 4.69) is 20.4 Å². The number of aromatic amines is 1. The van der Waals surface area contributed by atoms with Crippen molar-refractivity contribution < 1.29 is 14.1 Å². The molecule has 3 aromatic rings. The molecule has 1 saturated heterocycles. The Bertz CT molecular complexity index is 1100. The third-order valence-electron chi connectivity index (χ3n) is 4.76. The number of aromatic nitrogens is 3. The van der Waals surface area contributed by atoms with Crippen LogP contribution in [0.15, 0.2) is 51.9 Å². The van der Waals surface area contributed by atoms with Crippen molar-refractivity contribution >= 4 is 17.5 Å². The van der Waals surface area contributed by atoms with Gasteiger partial charge in [-0.05, 0) is 25.1 Å². The van der Waals surface area contributed by atoms with Gasteiger partial charge in [-0.3, -0.25) is 14.4 Å². The number of hydrogen-bond donors (Lipinski definition) is 2. The first-order valence-electron chi connectivity index (χ1n) is 9.16. The van der Waals surface area contributed by atoms with Gasteiger partial charge in [-0.25, -0.2) is 0 Å². The summed E-state index contributed by atoms with van der Waals surface area (Å²) in [4.78, 5) is 44.5. The lowest BCUT2D eigenvalue weighted by Crippen LogP contribution is -2.32. The smallest absolute Gasteiger partial charge is 0.248 e. The molecule has 2 amide bonds. The molecule has 0 unspecified atom stereocenters. The van der Waals surface area contributed by atoms with Crippen molar-refractivity contribution in [3.63, 3.8) is 0 Å². The zero-order chi connectivity index (χ0) is 20.4. The molecule has 148 valence electrons. The van der Waals surface area contributed by atoms with E-state index in [4.69, 9.17) is 4.52 Å². The molecule has 2 aromatic heterocycles. The number of hydrogen-bond acceptors (Lipinski definition) is 6. The normalized spacial score (nSPS) is 16.2. The predicted octanol–water partition coefficient (Wildman–Crippen LogP) is 1.40. The number of carbonyl (C=O) groups is 2. The van der Waals surface area contributed by atoms with Crippen LogP contribution in [0.2, 0.25) is 0 Å². The highest BCUT2D eigenvalue weighted by Gasteiger charge is 2.35. The minimum atomic E-state index is -0.445. The lowest BCUT2D eigenvalue weighted by Gasteiger charge is -2.16. The minimum absolute atomic E-state index is 0.0459. The molecular formula is C20H19N5O4. The maximum atomic E-state index is 12.5. The first kappa shape index (κ1) is 18.6. The first-order chi connectivity index (χ1) is 14.0. The molecule has 1 aliphatic heterocycles. The SMILES string of the molecule is Cc1ccc(N2C[C@H](C(=O)NCc3nc(-c4cc[nH]c(=O)c4)no3)CC2=O)cc1. The Morgan fingerprint density at radius 3 is 2.83 bits per heavy atom. The van der Waals surface area contributed by atoms with Gasteiger partial charge in [0.1, 0.15) is 0 Å². The van der Waals surface area contributed by atoms with Crippen LogP contribution >= 0.6 is 0 Å². The molecule has 1 atom stereocenters. The van der Waals surface area contributed by atoms with Crippen LogP contribution < -0.4 is 15.8 Å². The van der Waals surface area contributed by atoms with Crippen LogP contribution in [0.4, 0.5) is 5.69 Å². The second-order valence-electron chi connectivity index (χ2n) is 6.91. The first-order valence-corrected chi connectivity index (χ1v) is 9.16. The van der Waals surface area contributed by atoms with Gasteiger partial charge in [0.05, 0.1) is 12.5 Å². The van der Waals surface area contributed by atoms with Crippen LogP contribution in [0, 0.1) is 12.8 Å². The predicted molar refractivity (Wildman–Crippen MR) is 104 cm³/mol. The topological polar surface area (TPSA) is 121 Å². The summed E-state index contributed by atoms with van der Waals surface area (Å²) in [6.45, 7) is 2.35. The molecule has 4 rings (SSSR count). The highest BCUT2D eigenvalue weighted by Crippen LogP contribution is 2.25. The van der Waals surface area contributed by atoms with Crippen LogP contribution in [-0.2, 0) is 16.1 Å². The number of aryl methyl sites for hydroxylation is 1. The van der Waals surface area contributed by atoms with Crippen molar-refractivity contribution in [3.8, 4) is 11.4 Å². The number of amides is 2. The van der Waals surface area contributed by atoms with E-state index in [1.165, 1.54) is 12.3 Å². The number of carbonyl (C=O) groups excluding carboxylic acids is 2. The third-order valence-corrected chi connectivity index (χ3v) is 4.76. The van der Waals surface area contributed by atoms with Crippen molar-refractivity contribution in [1.29, 1.82) is 0 Å². The lowest BCUT2D eigenvalue weighted by atomic mass is 10.1. The largest absolute Gasteiger partial charge is 0.347 e. The fourth-order valence-electron chi connectivity index (χ4n) is 3.19. The Morgan fingerprint density at radius 2 is 2.07 bits per heavy atom. The van der Waals surface area contributed by atoms with Crippen LogP contribution in [0.3, 0.4) is 0 Å². The number of H-pyrrole nitrogens is 1. The van der Waals surface area contributed by atoms with Gasteiger partial charge in [-0.15, -0.1) is 0 Å². The molecule has 1 fully saturated rings. The van der Waals surface area contributed by atoms with Gasteiger partial charge in [0, 0.05) is 36.5 Å². The van der Waals surface area contributed by atoms with Gasteiger partial charge in [-0.1, -0.05) is 22.9 Å². The van der Waals surface area contributed by atoms with Crippen LogP contribution in [0.1, 0.15) is 17.9 Å². The average Bonchev–Trinajstić information content (AvgIpc) is 3.34. The Hall–Kier alpha value is -3.75. The van der Waals surface area contributed by atoms with E-state index in [1.54, 1.807) is 11.0 Å². The van der Waals surface area contributed by atoms with E-state index < -0.39 is 5.92 Å². The average molecular weight is 393 g/mol. The van der Waals surface area contributed by atoms with E-state index in [0.717, 1.165) is 11.3 Å².